The number of hydrogen-bond donors (Lipinski definition) is 0. The van der Waals surface area contributed by atoms with Gasteiger partial charge in [0.1, 0.15) is 6.10 Å². The highest BCUT2D eigenvalue weighted by atomic mass is 35.5. The number of benzene rings is 2. The van der Waals surface area contributed by atoms with Crippen molar-refractivity contribution in [1.82, 2.24) is 14.7 Å². The topological polar surface area (TPSA) is 73.4 Å². The highest BCUT2D eigenvalue weighted by molar-refractivity contribution is 6.31. The van der Waals surface area contributed by atoms with Gasteiger partial charge in [-0.05, 0) is 74.9 Å². The lowest BCUT2D eigenvalue weighted by Gasteiger charge is -2.32. The zero-order chi connectivity index (χ0) is 30.0. The third-order valence-corrected chi connectivity index (χ3v) is 9.57. The fourth-order valence-electron chi connectivity index (χ4n) is 6.69. The van der Waals surface area contributed by atoms with Crippen LogP contribution in [0.1, 0.15) is 53.2 Å². The predicted molar refractivity (Wildman–Crippen MR) is 165 cm³/mol. The van der Waals surface area contributed by atoms with Crippen LogP contribution in [0, 0.1) is 32.6 Å². The summed E-state index contributed by atoms with van der Waals surface area (Å²) in [5, 5.41) is 0.618. The van der Waals surface area contributed by atoms with Crippen molar-refractivity contribution >= 4 is 35.2 Å². The fraction of sp³-hybridized carbons (Fsp3) is 0.545. The van der Waals surface area contributed by atoms with E-state index in [0.717, 1.165) is 61.5 Å². The maximum atomic E-state index is 13.4. The van der Waals surface area contributed by atoms with Gasteiger partial charge in [0, 0.05) is 81.9 Å². The number of ether oxygens (including phenoxy) is 1. The largest absolute Gasteiger partial charge is 0.446 e. The quantitative estimate of drug-likeness (QED) is 0.434. The Labute approximate surface area is 254 Å². The summed E-state index contributed by atoms with van der Waals surface area (Å²) in [5.74, 6) is 1.17. The van der Waals surface area contributed by atoms with Crippen LogP contribution < -0.4 is 4.90 Å². The third-order valence-electron chi connectivity index (χ3n) is 9.16. The molecule has 2 atom stereocenters. The zero-order valence-electron chi connectivity index (χ0n) is 25.3. The monoisotopic (exact) mass is 594 g/mol. The molecule has 0 bridgehead atoms. The third kappa shape index (κ3) is 6.92. The van der Waals surface area contributed by atoms with Crippen molar-refractivity contribution in [1.29, 1.82) is 0 Å². The summed E-state index contributed by atoms with van der Waals surface area (Å²) in [6.45, 7) is 13.7. The van der Waals surface area contributed by atoms with E-state index in [1.165, 1.54) is 5.56 Å². The van der Waals surface area contributed by atoms with Gasteiger partial charge in [-0.3, -0.25) is 14.5 Å². The molecule has 3 saturated heterocycles. The lowest BCUT2D eigenvalue weighted by molar-refractivity contribution is -0.130. The molecule has 2 aromatic rings. The predicted octanol–water partition coefficient (Wildman–Crippen LogP) is 5.31. The molecular formula is C33H43ClN4O4. The first-order valence-electron chi connectivity index (χ1n) is 15.2. The van der Waals surface area contributed by atoms with Crippen LogP contribution in [0.5, 0.6) is 0 Å². The van der Waals surface area contributed by atoms with Crippen LogP contribution in [0.4, 0.5) is 10.5 Å². The molecule has 3 amide bonds. The van der Waals surface area contributed by atoms with Crippen molar-refractivity contribution in [3.8, 4) is 0 Å². The van der Waals surface area contributed by atoms with E-state index >= 15 is 0 Å². The Kier molecular flexibility index (Phi) is 9.43. The van der Waals surface area contributed by atoms with Crippen LogP contribution >= 0.6 is 11.6 Å². The van der Waals surface area contributed by atoms with Crippen LogP contribution in [0.25, 0.3) is 0 Å². The Morgan fingerprint density at radius 1 is 0.905 bits per heavy atom. The van der Waals surface area contributed by atoms with Crippen LogP contribution in [-0.2, 0) is 9.53 Å². The summed E-state index contributed by atoms with van der Waals surface area (Å²) >= 11 is 6.43. The molecule has 0 saturated carbocycles. The van der Waals surface area contributed by atoms with E-state index in [9.17, 15) is 14.4 Å². The molecule has 2 unspecified atom stereocenters. The van der Waals surface area contributed by atoms with E-state index in [0.29, 0.717) is 49.3 Å². The first-order chi connectivity index (χ1) is 20.1. The molecule has 9 heteroatoms. The van der Waals surface area contributed by atoms with E-state index in [2.05, 4.69) is 17.9 Å². The molecule has 3 heterocycles. The minimum absolute atomic E-state index is 0.0578. The van der Waals surface area contributed by atoms with E-state index < -0.39 is 0 Å². The molecule has 0 radical (unpaired) electrons. The lowest BCUT2D eigenvalue weighted by atomic mass is 10.0. The number of likely N-dealkylation sites (tertiary alicyclic amines) is 3. The molecule has 0 spiro atoms. The summed E-state index contributed by atoms with van der Waals surface area (Å²) in [7, 11) is 0. The zero-order valence-corrected chi connectivity index (χ0v) is 26.0. The number of halogens is 1. The van der Waals surface area contributed by atoms with Crippen LogP contribution in [0.3, 0.4) is 0 Å². The van der Waals surface area contributed by atoms with Gasteiger partial charge in [0.15, 0.2) is 0 Å². The second-order valence-electron chi connectivity index (χ2n) is 12.3. The molecule has 0 aromatic heterocycles. The average Bonchev–Trinajstić information content (AvgIpc) is 3.52. The standard InChI is InChI=1S/C33H43ClN4O4/c1-22-6-9-30(24(3)16-22)32(40)37-20-26-18-35(19-27(26)21-37)12-5-13-38(28-8-7-23(2)31(34)17-28)33(41)42-29-10-14-36(15-11-29)25(4)39/h6-9,16-17,26-27,29H,5,10-15,18-21H2,1-4H3. The number of rotatable bonds is 7. The Bertz CT molecular complexity index is 1310. The smallest absolute Gasteiger partial charge is 0.414 e. The molecule has 3 aliphatic rings. The van der Waals surface area contributed by atoms with Gasteiger partial charge >= 0.3 is 6.09 Å². The summed E-state index contributed by atoms with van der Waals surface area (Å²) in [6, 6.07) is 11.7. The van der Waals surface area contributed by atoms with Gasteiger partial charge < -0.3 is 19.4 Å². The van der Waals surface area contributed by atoms with Crippen molar-refractivity contribution in [3.05, 3.63) is 63.7 Å². The minimum Gasteiger partial charge on any atom is -0.446 e. The average molecular weight is 595 g/mol. The number of hydrogen-bond acceptors (Lipinski definition) is 5. The summed E-state index contributed by atoms with van der Waals surface area (Å²) in [6.07, 6.45) is 1.52. The molecule has 42 heavy (non-hydrogen) atoms. The second-order valence-corrected chi connectivity index (χ2v) is 12.7. The maximum absolute atomic E-state index is 13.4. The first kappa shape index (κ1) is 30.4. The number of anilines is 1. The van der Waals surface area contributed by atoms with Gasteiger partial charge in [-0.1, -0.05) is 35.4 Å². The van der Waals surface area contributed by atoms with Crippen molar-refractivity contribution in [2.24, 2.45) is 11.8 Å². The lowest BCUT2D eigenvalue weighted by Crippen LogP contribution is -2.43. The first-order valence-corrected chi connectivity index (χ1v) is 15.6. The normalized spacial score (nSPS) is 21.0. The van der Waals surface area contributed by atoms with Gasteiger partial charge in [0.05, 0.1) is 0 Å². The molecule has 226 valence electrons. The summed E-state index contributed by atoms with van der Waals surface area (Å²) < 4.78 is 5.93. The van der Waals surface area contributed by atoms with Crippen molar-refractivity contribution in [2.75, 3.05) is 57.3 Å². The minimum atomic E-state index is -0.366. The molecule has 3 aliphatic heterocycles. The van der Waals surface area contributed by atoms with Crippen molar-refractivity contribution < 1.29 is 19.1 Å². The molecule has 3 fully saturated rings. The van der Waals surface area contributed by atoms with E-state index in [4.69, 9.17) is 16.3 Å². The Balaban J connectivity index is 1.14. The number of carbonyl (C=O) groups excluding carboxylic acids is 3. The highest BCUT2D eigenvalue weighted by Gasteiger charge is 2.41. The number of aryl methyl sites for hydroxylation is 3. The molecule has 2 aromatic carbocycles. The maximum Gasteiger partial charge on any atom is 0.414 e. The number of fused-ring (bicyclic) bond motifs is 1. The van der Waals surface area contributed by atoms with Gasteiger partial charge in [-0.25, -0.2) is 4.79 Å². The summed E-state index contributed by atoms with van der Waals surface area (Å²) in [5.41, 5.74) is 4.71. The Morgan fingerprint density at radius 3 is 2.21 bits per heavy atom. The van der Waals surface area contributed by atoms with Crippen LogP contribution in [0.2, 0.25) is 5.02 Å². The number of amides is 3. The van der Waals surface area contributed by atoms with Crippen molar-refractivity contribution in [3.63, 3.8) is 0 Å². The van der Waals surface area contributed by atoms with E-state index in [1.807, 2.05) is 49.1 Å². The van der Waals surface area contributed by atoms with Crippen molar-refractivity contribution in [2.45, 2.75) is 53.1 Å². The van der Waals surface area contributed by atoms with Gasteiger partial charge in [0.25, 0.3) is 5.91 Å². The second kappa shape index (κ2) is 13.0. The summed E-state index contributed by atoms with van der Waals surface area (Å²) in [4.78, 5) is 46.3. The van der Waals surface area contributed by atoms with Gasteiger partial charge in [0.2, 0.25) is 5.91 Å². The number of carbonyl (C=O) groups is 3. The molecule has 0 aliphatic carbocycles. The Hall–Kier alpha value is -3.10. The number of nitrogens with zero attached hydrogens (tertiary/aromatic N) is 4. The molecule has 8 nitrogen and oxygen atoms in total. The van der Waals surface area contributed by atoms with Gasteiger partial charge in [-0.15, -0.1) is 0 Å². The van der Waals surface area contributed by atoms with E-state index in [1.54, 1.807) is 16.7 Å². The molecule has 5 rings (SSSR count). The molecular weight excluding hydrogens is 552 g/mol. The highest BCUT2D eigenvalue weighted by Crippen LogP contribution is 2.33. The van der Waals surface area contributed by atoms with Gasteiger partial charge in [-0.2, -0.15) is 0 Å². The SMILES string of the molecule is CC(=O)N1CCC(OC(=O)N(CCCN2CC3CN(C(=O)c4ccc(C)cc4C)CC3C2)c2ccc(C)c(Cl)c2)CC1. The van der Waals surface area contributed by atoms with Crippen LogP contribution in [-0.4, -0.2) is 91.1 Å². The van der Waals surface area contributed by atoms with E-state index in [-0.39, 0.29) is 24.0 Å². The Morgan fingerprint density at radius 2 is 1.60 bits per heavy atom. The molecule has 0 N–H and O–H groups in total. The van der Waals surface area contributed by atoms with Crippen LogP contribution in [0.15, 0.2) is 36.4 Å². The fourth-order valence-corrected chi connectivity index (χ4v) is 6.86. The number of piperidine rings is 1.